The van der Waals surface area contributed by atoms with Gasteiger partial charge in [0.2, 0.25) is 0 Å². The number of anilines is 1. The second-order valence-corrected chi connectivity index (χ2v) is 8.43. The van der Waals surface area contributed by atoms with Crippen LogP contribution in [0.25, 0.3) is 10.2 Å². The summed E-state index contributed by atoms with van der Waals surface area (Å²) in [7, 11) is 3.91. The van der Waals surface area contributed by atoms with E-state index >= 15 is 0 Å². The summed E-state index contributed by atoms with van der Waals surface area (Å²) in [5, 5.41) is 0.498. The summed E-state index contributed by atoms with van der Waals surface area (Å²) >= 11 is 1.38. The van der Waals surface area contributed by atoms with Crippen LogP contribution >= 0.6 is 11.3 Å². The molecule has 0 spiro atoms. The number of rotatable bonds is 5. The van der Waals surface area contributed by atoms with Crippen molar-refractivity contribution in [3.05, 3.63) is 58.7 Å². The molecule has 8 heteroatoms. The molecule has 1 aromatic heterocycles. The van der Waals surface area contributed by atoms with Gasteiger partial charge in [-0.25, -0.2) is 4.98 Å². The quantitative estimate of drug-likeness (QED) is 0.681. The van der Waals surface area contributed by atoms with Gasteiger partial charge in [-0.05, 0) is 49.2 Å². The molecule has 29 heavy (non-hydrogen) atoms. The summed E-state index contributed by atoms with van der Waals surface area (Å²) < 4.78 is 40.2. The van der Waals surface area contributed by atoms with Crippen molar-refractivity contribution in [3.8, 4) is 0 Å². The molecule has 1 N–H and O–H groups in total. The zero-order valence-electron chi connectivity index (χ0n) is 16.7. The van der Waals surface area contributed by atoms with E-state index in [2.05, 4.69) is 4.98 Å². The molecule has 3 aromatic rings. The molecule has 2 aromatic carbocycles. The number of nitrogens with zero attached hydrogens (tertiary/aromatic N) is 2. The van der Waals surface area contributed by atoms with Crippen LogP contribution < -0.4 is 9.80 Å². The number of carbonyl (C=O) groups excluding carboxylic acids is 1. The number of nitrogens with one attached hydrogen (secondary N) is 1. The third kappa shape index (κ3) is 4.76. The lowest BCUT2D eigenvalue weighted by Gasteiger charge is -2.21. The van der Waals surface area contributed by atoms with E-state index in [4.69, 9.17) is 0 Å². The Bertz CT molecular complexity index is 1040. The molecule has 154 valence electrons. The zero-order valence-corrected chi connectivity index (χ0v) is 17.5. The van der Waals surface area contributed by atoms with Gasteiger partial charge < -0.3 is 4.90 Å². The first-order valence-electron chi connectivity index (χ1n) is 9.22. The van der Waals surface area contributed by atoms with Crippen molar-refractivity contribution in [1.82, 2.24) is 4.98 Å². The van der Waals surface area contributed by atoms with Crippen molar-refractivity contribution in [1.29, 1.82) is 0 Å². The van der Waals surface area contributed by atoms with E-state index in [1.54, 1.807) is 0 Å². The highest BCUT2D eigenvalue weighted by Crippen LogP contribution is 2.33. The third-order valence-corrected chi connectivity index (χ3v) is 5.59. The summed E-state index contributed by atoms with van der Waals surface area (Å²) in [5.41, 5.74) is 2.08. The van der Waals surface area contributed by atoms with Crippen LogP contribution in [-0.4, -0.2) is 38.1 Å². The summed E-state index contributed by atoms with van der Waals surface area (Å²) in [4.78, 5) is 20.4. The minimum atomic E-state index is -4.50. The molecule has 0 aliphatic heterocycles. The lowest BCUT2D eigenvalue weighted by Crippen LogP contribution is -3.06. The molecule has 0 bridgehead atoms. The first-order chi connectivity index (χ1) is 13.6. The Hall–Kier alpha value is -2.45. The van der Waals surface area contributed by atoms with Crippen LogP contribution in [0.4, 0.5) is 18.3 Å². The summed E-state index contributed by atoms with van der Waals surface area (Å²) in [5.74, 6) is -0.481. The highest BCUT2D eigenvalue weighted by molar-refractivity contribution is 7.22. The number of hydrogen-bond donors (Lipinski definition) is 1. The van der Waals surface area contributed by atoms with Gasteiger partial charge in [-0.2, -0.15) is 13.2 Å². The molecule has 3 rings (SSSR count). The minimum absolute atomic E-state index is 0.000685. The number of halogens is 3. The summed E-state index contributed by atoms with van der Waals surface area (Å²) in [6.07, 6.45) is -4.50. The number of alkyl halides is 3. The predicted molar refractivity (Wildman–Crippen MR) is 110 cm³/mol. The van der Waals surface area contributed by atoms with Crippen LogP contribution in [0.1, 0.15) is 27.0 Å². The first-order valence-corrected chi connectivity index (χ1v) is 10.0. The number of thiazole rings is 1. The van der Waals surface area contributed by atoms with Crippen molar-refractivity contribution >= 4 is 32.6 Å². The summed E-state index contributed by atoms with van der Waals surface area (Å²) in [6, 6.07) is 8.57. The van der Waals surface area contributed by atoms with E-state index in [-0.39, 0.29) is 5.56 Å². The van der Waals surface area contributed by atoms with Crippen LogP contribution in [0.5, 0.6) is 0 Å². The second-order valence-electron chi connectivity index (χ2n) is 7.42. The third-order valence-electron chi connectivity index (χ3n) is 4.57. The second kappa shape index (κ2) is 8.12. The monoisotopic (exact) mass is 422 g/mol. The standard InChI is InChI=1S/C21H22F3N3OS/c1-13-10-14(2)18-17(11-13)29-20(25-18)27(9-8-26(3)4)19(28)15-6-5-7-16(12-15)21(22,23)24/h5-7,10-12H,8-9H2,1-4H3/p+1. The number of aromatic nitrogens is 1. The molecule has 0 radical (unpaired) electrons. The maximum atomic E-state index is 13.2. The Morgan fingerprint density at radius 3 is 2.55 bits per heavy atom. The number of fused-ring (bicyclic) bond motifs is 1. The van der Waals surface area contributed by atoms with Gasteiger partial charge in [0.25, 0.3) is 5.91 Å². The molecule has 0 unspecified atom stereocenters. The van der Waals surface area contributed by atoms with E-state index in [9.17, 15) is 18.0 Å². The van der Waals surface area contributed by atoms with Crippen LogP contribution in [0, 0.1) is 13.8 Å². The molecular weight excluding hydrogens is 399 g/mol. The van der Waals surface area contributed by atoms with Crippen LogP contribution in [0.15, 0.2) is 36.4 Å². The maximum Gasteiger partial charge on any atom is 0.416 e. The van der Waals surface area contributed by atoms with E-state index in [1.165, 1.54) is 28.4 Å². The number of likely N-dealkylation sites (N-methyl/N-ethyl adjacent to an activating group) is 1. The van der Waals surface area contributed by atoms with E-state index in [1.807, 2.05) is 40.1 Å². The van der Waals surface area contributed by atoms with Crippen molar-refractivity contribution in [2.75, 3.05) is 32.1 Å². The average Bonchev–Trinajstić information content (AvgIpc) is 3.05. The topological polar surface area (TPSA) is 37.6 Å². The molecule has 0 atom stereocenters. The van der Waals surface area contributed by atoms with Gasteiger partial charge >= 0.3 is 6.18 Å². The predicted octanol–water partition coefficient (Wildman–Crippen LogP) is 3.72. The fourth-order valence-electron chi connectivity index (χ4n) is 3.08. The fraction of sp³-hybridized carbons (Fsp3) is 0.333. The van der Waals surface area contributed by atoms with Crippen molar-refractivity contribution < 1.29 is 22.9 Å². The molecule has 4 nitrogen and oxygen atoms in total. The number of hydrogen-bond acceptors (Lipinski definition) is 3. The first kappa shape index (κ1) is 21.3. The molecule has 1 heterocycles. The number of aryl methyl sites for hydroxylation is 2. The van der Waals surface area contributed by atoms with Crippen LogP contribution in [0.3, 0.4) is 0 Å². The van der Waals surface area contributed by atoms with Crippen molar-refractivity contribution in [2.45, 2.75) is 20.0 Å². The van der Waals surface area contributed by atoms with E-state index in [0.717, 1.165) is 38.4 Å². The maximum absolute atomic E-state index is 13.2. The number of amides is 1. The molecule has 0 aliphatic rings. The van der Waals surface area contributed by atoms with Gasteiger partial charge in [0.05, 0.1) is 43.0 Å². The highest BCUT2D eigenvalue weighted by atomic mass is 32.1. The van der Waals surface area contributed by atoms with Gasteiger partial charge in [0.15, 0.2) is 5.13 Å². The average molecular weight is 422 g/mol. The van der Waals surface area contributed by atoms with Crippen molar-refractivity contribution in [3.63, 3.8) is 0 Å². The molecule has 0 fully saturated rings. The molecule has 0 saturated heterocycles. The largest absolute Gasteiger partial charge is 0.416 e. The number of benzene rings is 2. The Morgan fingerprint density at radius 1 is 1.17 bits per heavy atom. The number of quaternary nitrogens is 1. The molecule has 0 saturated carbocycles. The normalized spacial score (nSPS) is 12.0. The van der Waals surface area contributed by atoms with E-state index < -0.39 is 17.6 Å². The fourth-order valence-corrected chi connectivity index (χ4v) is 4.24. The van der Waals surface area contributed by atoms with Crippen LogP contribution in [0.2, 0.25) is 0 Å². The van der Waals surface area contributed by atoms with Gasteiger partial charge in [-0.3, -0.25) is 9.69 Å². The van der Waals surface area contributed by atoms with E-state index in [0.29, 0.717) is 18.2 Å². The molecule has 0 aliphatic carbocycles. The minimum Gasteiger partial charge on any atom is -0.338 e. The van der Waals surface area contributed by atoms with Crippen molar-refractivity contribution in [2.24, 2.45) is 0 Å². The Morgan fingerprint density at radius 2 is 1.90 bits per heavy atom. The summed E-state index contributed by atoms with van der Waals surface area (Å²) in [6.45, 7) is 4.95. The smallest absolute Gasteiger partial charge is 0.338 e. The number of carbonyl (C=O) groups is 1. The molecule has 1 amide bonds. The SMILES string of the molecule is Cc1cc(C)c2nc(N(CC[NH+](C)C)C(=O)c3cccc(C(F)(F)F)c3)sc2c1. The lowest BCUT2D eigenvalue weighted by molar-refractivity contribution is -0.856. The Labute approximate surface area is 171 Å². The Balaban J connectivity index is 2.04. The lowest BCUT2D eigenvalue weighted by atomic mass is 10.1. The zero-order chi connectivity index (χ0) is 21.3. The van der Waals surface area contributed by atoms with Gasteiger partial charge in [-0.15, -0.1) is 0 Å². The highest BCUT2D eigenvalue weighted by Gasteiger charge is 2.32. The van der Waals surface area contributed by atoms with Gasteiger partial charge in [0, 0.05) is 5.56 Å². The Kier molecular flexibility index (Phi) is 5.95. The van der Waals surface area contributed by atoms with Gasteiger partial charge in [-0.1, -0.05) is 23.5 Å². The van der Waals surface area contributed by atoms with Crippen LogP contribution in [-0.2, 0) is 6.18 Å². The van der Waals surface area contributed by atoms with Gasteiger partial charge in [0.1, 0.15) is 0 Å². The molecular formula is C21H23F3N3OS+.